The van der Waals surface area contributed by atoms with Gasteiger partial charge in [0.15, 0.2) is 0 Å². The fraction of sp³-hybridized carbons (Fsp3) is 0.455. The molecule has 0 aromatic carbocycles. The van der Waals surface area contributed by atoms with Crippen molar-refractivity contribution in [3.63, 3.8) is 0 Å². The SMILES string of the molecule is Cc1cc2n(c1C)C(CC(=O)O)CNC2=O. The molecule has 1 aromatic heterocycles. The summed E-state index contributed by atoms with van der Waals surface area (Å²) in [7, 11) is 0. The summed E-state index contributed by atoms with van der Waals surface area (Å²) in [6, 6.07) is 1.62. The van der Waals surface area contributed by atoms with E-state index in [9.17, 15) is 9.59 Å². The number of aryl methyl sites for hydroxylation is 1. The first-order valence-corrected chi connectivity index (χ1v) is 5.19. The molecule has 1 unspecified atom stereocenters. The molecule has 1 amide bonds. The third-order valence-corrected chi connectivity index (χ3v) is 3.05. The number of aliphatic carboxylic acids is 1. The number of aromatic nitrogens is 1. The minimum Gasteiger partial charge on any atom is -0.481 e. The number of nitrogens with one attached hydrogen (secondary N) is 1. The molecule has 5 heteroatoms. The van der Waals surface area contributed by atoms with Crippen LogP contribution in [0.25, 0.3) is 0 Å². The number of rotatable bonds is 2. The first kappa shape index (κ1) is 10.7. The van der Waals surface area contributed by atoms with Crippen molar-refractivity contribution < 1.29 is 14.7 Å². The number of carboxylic acids is 1. The second-order valence-electron chi connectivity index (χ2n) is 4.13. The van der Waals surface area contributed by atoms with Crippen LogP contribution in [0.1, 0.15) is 34.2 Å². The molecule has 1 atom stereocenters. The Morgan fingerprint density at radius 3 is 2.94 bits per heavy atom. The van der Waals surface area contributed by atoms with E-state index < -0.39 is 5.97 Å². The summed E-state index contributed by atoms with van der Waals surface area (Å²) < 4.78 is 1.84. The lowest BCUT2D eigenvalue weighted by molar-refractivity contribution is -0.137. The lowest BCUT2D eigenvalue weighted by atomic mass is 10.1. The Hall–Kier alpha value is -1.78. The van der Waals surface area contributed by atoms with Crippen LogP contribution in [0.15, 0.2) is 6.07 Å². The van der Waals surface area contributed by atoms with Gasteiger partial charge in [-0.1, -0.05) is 0 Å². The van der Waals surface area contributed by atoms with Gasteiger partial charge in [0, 0.05) is 12.2 Å². The van der Waals surface area contributed by atoms with Gasteiger partial charge in [-0.3, -0.25) is 9.59 Å². The van der Waals surface area contributed by atoms with Crippen LogP contribution in [0.4, 0.5) is 0 Å². The Balaban J connectivity index is 2.46. The lowest BCUT2D eigenvalue weighted by Gasteiger charge is -2.26. The molecule has 5 nitrogen and oxygen atoms in total. The lowest BCUT2D eigenvalue weighted by Crippen LogP contribution is -2.39. The largest absolute Gasteiger partial charge is 0.481 e. The van der Waals surface area contributed by atoms with Gasteiger partial charge in [0.05, 0.1) is 12.5 Å². The number of hydrogen-bond donors (Lipinski definition) is 2. The zero-order chi connectivity index (χ0) is 11.9. The van der Waals surface area contributed by atoms with Crippen molar-refractivity contribution >= 4 is 11.9 Å². The molecule has 0 aliphatic carbocycles. The van der Waals surface area contributed by atoms with Crippen molar-refractivity contribution in [2.45, 2.75) is 26.3 Å². The van der Waals surface area contributed by atoms with Gasteiger partial charge >= 0.3 is 5.97 Å². The summed E-state index contributed by atoms with van der Waals surface area (Å²) in [5.74, 6) is -0.976. The van der Waals surface area contributed by atoms with Gasteiger partial charge in [-0.2, -0.15) is 0 Å². The average molecular weight is 222 g/mol. The predicted molar refractivity (Wildman–Crippen MR) is 57.5 cm³/mol. The van der Waals surface area contributed by atoms with Crippen LogP contribution in [0.3, 0.4) is 0 Å². The Bertz CT molecular complexity index is 462. The summed E-state index contributed by atoms with van der Waals surface area (Å²) in [6.07, 6.45) is 0.0300. The van der Waals surface area contributed by atoms with Crippen molar-refractivity contribution in [3.8, 4) is 0 Å². The van der Waals surface area contributed by atoms with Crippen LogP contribution < -0.4 is 5.32 Å². The highest BCUT2D eigenvalue weighted by Crippen LogP contribution is 2.25. The second kappa shape index (κ2) is 3.66. The van der Waals surface area contributed by atoms with Gasteiger partial charge in [-0.25, -0.2) is 0 Å². The molecular weight excluding hydrogens is 208 g/mol. The molecular formula is C11H14N2O3. The Labute approximate surface area is 93.1 Å². The van der Waals surface area contributed by atoms with E-state index in [1.807, 2.05) is 18.4 Å². The van der Waals surface area contributed by atoms with Crippen molar-refractivity contribution in [1.29, 1.82) is 0 Å². The molecule has 0 saturated carbocycles. The molecule has 0 radical (unpaired) electrons. The van der Waals surface area contributed by atoms with Crippen molar-refractivity contribution in [2.75, 3.05) is 6.54 Å². The summed E-state index contributed by atoms with van der Waals surface area (Å²) in [5.41, 5.74) is 2.55. The topological polar surface area (TPSA) is 71.3 Å². The monoisotopic (exact) mass is 222 g/mol. The van der Waals surface area contributed by atoms with E-state index in [-0.39, 0.29) is 18.4 Å². The van der Waals surface area contributed by atoms with Crippen LogP contribution >= 0.6 is 0 Å². The van der Waals surface area contributed by atoms with Gasteiger partial charge in [-0.15, -0.1) is 0 Å². The third kappa shape index (κ3) is 1.58. The number of carbonyl (C=O) groups is 2. The highest BCUT2D eigenvalue weighted by Gasteiger charge is 2.28. The molecule has 1 aromatic rings. The van der Waals surface area contributed by atoms with E-state index in [1.165, 1.54) is 0 Å². The molecule has 2 N–H and O–H groups in total. The van der Waals surface area contributed by atoms with Gasteiger partial charge in [0.1, 0.15) is 5.69 Å². The normalized spacial score (nSPS) is 19.1. The molecule has 2 heterocycles. The quantitative estimate of drug-likeness (QED) is 0.779. The molecule has 0 spiro atoms. The molecule has 0 bridgehead atoms. The minimum absolute atomic E-state index is 0.0300. The second-order valence-corrected chi connectivity index (χ2v) is 4.13. The van der Waals surface area contributed by atoms with E-state index >= 15 is 0 Å². The summed E-state index contributed by atoms with van der Waals surface area (Å²) >= 11 is 0. The maximum absolute atomic E-state index is 11.6. The first-order valence-electron chi connectivity index (χ1n) is 5.19. The molecule has 16 heavy (non-hydrogen) atoms. The number of carboxylic acid groups (broad SMARTS) is 1. The van der Waals surface area contributed by atoms with Gasteiger partial charge in [-0.05, 0) is 25.5 Å². The molecule has 2 rings (SSSR count). The standard InChI is InChI=1S/C11H14N2O3/c1-6-3-9-11(16)12-5-8(4-10(14)15)13(9)7(6)2/h3,8H,4-5H2,1-2H3,(H,12,16)(H,14,15). The van der Waals surface area contributed by atoms with E-state index in [2.05, 4.69) is 5.32 Å². The van der Waals surface area contributed by atoms with Crippen molar-refractivity contribution in [1.82, 2.24) is 9.88 Å². The molecule has 0 saturated heterocycles. The van der Waals surface area contributed by atoms with E-state index in [0.29, 0.717) is 12.2 Å². The smallest absolute Gasteiger partial charge is 0.305 e. The number of carbonyl (C=O) groups excluding carboxylic acids is 1. The van der Waals surface area contributed by atoms with E-state index in [4.69, 9.17) is 5.11 Å². The number of hydrogen-bond acceptors (Lipinski definition) is 2. The van der Waals surface area contributed by atoms with Gasteiger partial charge in [0.25, 0.3) is 5.91 Å². The summed E-state index contributed by atoms with van der Waals surface area (Å²) in [6.45, 7) is 4.21. The number of amides is 1. The first-order chi connectivity index (χ1) is 7.50. The van der Waals surface area contributed by atoms with Crippen molar-refractivity contribution in [3.05, 3.63) is 23.0 Å². The zero-order valence-corrected chi connectivity index (χ0v) is 9.28. The van der Waals surface area contributed by atoms with E-state index in [1.54, 1.807) is 6.07 Å². The van der Waals surface area contributed by atoms with Gasteiger partial charge in [0.2, 0.25) is 0 Å². The van der Waals surface area contributed by atoms with Crippen molar-refractivity contribution in [2.24, 2.45) is 0 Å². The maximum Gasteiger partial charge on any atom is 0.305 e. The number of fused-ring (bicyclic) bond motifs is 1. The zero-order valence-electron chi connectivity index (χ0n) is 9.28. The van der Waals surface area contributed by atoms with Crippen LogP contribution in [0.5, 0.6) is 0 Å². The Morgan fingerprint density at radius 2 is 2.31 bits per heavy atom. The molecule has 86 valence electrons. The third-order valence-electron chi connectivity index (χ3n) is 3.05. The van der Waals surface area contributed by atoms with Crippen LogP contribution in [-0.4, -0.2) is 28.1 Å². The van der Waals surface area contributed by atoms with Crippen LogP contribution in [-0.2, 0) is 4.79 Å². The maximum atomic E-state index is 11.6. The Kier molecular flexibility index (Phi) is 2.46. The van der Waals surface area contributed by atoms with Gasteiger partial charge < -0.3 is 15.0 Å². The minimum atomic E-state index is -0.849. The highest BCUT2D eigenvalue weighted by molar-refractivity contribution is 5.94. The Morgan fingerprint density at radius 1 is 1.62 bits per heavy atom. The van der Waals surface area contributed by atoms with Crippen LogP contribution in [0, 0.1) is 13.8 Å². The summed E-state index contributed by atoms with van der Waals surface area (Å²) in [4.78, 5) is 22.4. The molecule has 1 aliphatic heterocycles. The van der Waals surface area contributed by atoms with E-state index in [0.717, 1.165) is 11.3 Å². The fourth-order valence-corrected chi connectivity index (χ4v) is 2.15. The van der Waals surface area contributed by atoms with Crippen LogP contribution in [0.2, 0.25) is 0 Å². The molecule has 0 fully saturated rings. The highest BCUT2D eigenvalue weighted by atomic mass is 16.4. The predicted octanol–water partition coefficient (Wildman–Crippen LogP) is 0.864. The fourth-order valence-electron chi connectivity index (χ4n) is 2.15. The number of nitrogens with zero attached hydrogens (tertiary/aromatic N) is 1. The summed E-state index contributed by atoms with van der Waals surface area (Å²) in [5, 5.41) is 11.5. The average Bonchev–Trinajstić information content (AvgIpc) is 2.49. The molecule has 1 aliphatic rings.